The zero-order chi connectivity index (χ0) is 17.6. The fraction of sp³-hybridized carbons (Fsp3) is 0.0588. The minimum absolute atomic E-state index is 0.184. The molecule has 0 aliphatic rings. The molecule has 3 N–H and O–H groups in total. The van der Waals surface area contributed by atoms with Crippen LogP contribution >= 0.6 is 0 Å². The number of aromatic nitrogens is 2. The number of hydrogen-bond acceptors (Lipinski definition) is 5. The Hall–Kier alpha value is -3.68. The lowest BCUT2D eigenvalue weighted by Crippen LogP contribution is -2.31. The van der Waals surface area contributed by atoms with Gasteiger partial charge in [-0.15, -0.1) is 0 Å². The first-order chi connectivity index (χ1) is 12.1. The summed E-state index contributed by atoms with van der Waals surface area (Å²) in [5.74, 6) is -1.35. The summed E-state index contributed by atoms with van der Waals surface area (Å²) in [7, 11) is 0. The second-order valence-electron chi connectivity index (χ2n) is 5.11. The molecule has 0 fully saturated rings. The summed E-state index contributed by atoms with van der Waals surface area (Å²) in [6.45, 7) is -0.184. The van der Waals surface area contributed by atoms with E-state index in [0.29, 0.717) is 16.8 Å². The van der Waals surface area contributed by atoms with E-state index in [0.717, 1.165) is 5.56 Å². The van der Waals surface area contributed by atoms with Crippen molar-refractivity contribution in [2.45, 2.75) is 0 Å². The topological polar surface area (TPSA) is 117 Å². The van der Waals surface area contributed by atoms with E-state index in [-0.39, 0.29) is 6.54 Å². The number of aromatic amines is 1. The van der Waals surface area contributed by atoms with E-state index in [1.807, 2.05) is 0 Å². The third-order valence-corrected chi connectivity index (χ3v) is 3.24. The number of anilines is 1. The van der Waals surface area contributed by atoms with Crippen molar-refractivity contribution < 1.29 is 14.0 Å². The lowest BCUT2D eigenvalue weighted by atomic mass is 10.2. The molecule has 0 bridgehead atoms. The first-order valence-corrected chi connectivity index (χ1v) is 7.39. The summed E-state index contributed by atoms with van der Waals surface area (Å²) in [4.78, 5) is 41.1. The molecular formula is C17H14N4O4. The van der Waals surface area contributed by atoms with Crippen molar-refractivity contribution in [3.05, 3.63) is 64.9 Å². The van der Waals surface area contributed by atoms with Crippen LogP contribution in [0.15, 0.2) is 58.0 Å². The zero-order valence-corrected chi connectivity index (χ0v) is 13.0. The molecule has 0 radical (unpaired) electrons. The van der Waals surface area contributed by atoms with E-state index in [4.69, 9.17) is 4.42 Å². The van der Waals surface area contributed by atoms with E-state index >= 15 is 0 Å². The van der Waals surface area contributed by atoms with Gasteiger partial charge in [0.1, 0.15) is 0 Å². The van der Waals surface area contributed by atoms with E-state index in [1.54, 1.807) is 48.8 Å². The van der Waals surface area contributed by atoms with E-state index in [2.05, 4.69) is 20.6 Å². The van der Waals surface area contributed by atoms with Gasteiger partial charge in [0.15, 0.2) is 5.58 Å². The summed E-state index contributed by atoms with van der Waals surface area (Å²) in [5, 5.41) is 5.10. The van der Waals surface area contributed by atoms with Gasteiger partial charge >= 0.3 is 5.76 Å². The van der Waals surface area contributed by atoms with Crippen molar-refractivity contribution in [1.82, 2.24) is 15.3 Å². The number of pyridine rings is 1. The third kappa shape index (κ3) is 4.41. The highest BCUT2D eigenvalue weighted by Gasteiger charge is 2.06. The molecule has 0 aliphatic carbocycles. The molecule has 1 aromatic carbocycles. The van der Waals surface area contributed by atoms with Crippen molar-refractivity contribution in [1.29, 1.82) is 0 Å². The molecule has 0 spiro atoms. The highest BCUT2D eigenvalue weighted by atomic mass is 16.4. The number of hydrogen-bond donors (Lipinski definition) is 3. The number of fused-ring (bicyclic) bond motifs is 1. The van der Waals surface area contributed by atoms with Gasteiger partial charge in [-0.2, -0.15) is 0 Å². The lowest BCUT2D eigenvalue weighted by Gasteiger charge is -2.05. The monoisotopic (exact) mass is 338 g/mol. The number of nitrogens with zero attached hydrogens (tertiary/aromatic N) is 1. The molecule has 8 nitrogen and oxygen atoms in total. The molecule has 0 aliphatic heterocycles. The van der Waals surface area contributed by atoms with Gasteiger partial charge in [-0.1, -0.05) is 6.07 Å². The predicted octanol–water partition coefficient (Wildman–Crippen LogP) is 1.28. The Bertz CT molecular complexity index is 989. The van der Waals surface area contributed by atoms with Crippen LogP contribution in [0.2, 0.25) is 0 Å². The van der Waals surface area contributed by atoms with Crippen LogP contribution < -0.4 is 16.4 Å². The number of carbonyl (C=O) groups is 2. The molecule has 0 atom stereocenters. The molecule has 0 saturated carbocycles. The second-order valence-corrected chi connectivity index (χ2v) is 5.11. The number of nitrogens with one attached hydrogen (secondary N) is 3. The maximum absolute atomic E-state index is 11.9. The standard InChI is InChI=1S/C17H14N4O4/c22-15(6-3-11-2-1-7-18-9-11)19-10-16(23)20-12-4-5-14-13(8-12)21-17(24)25-14/h1-9H,10H2,(H,19,22)(H,20,23)(H,21,24). The van der Waals surface area contributed by atoms with Crippen molar-refractivity contribution in [2.75, 3.05) is 11.9 Å². The normalized spacial score (nSPS) is 10.9. The van der Waals surface area contributed by atoms with Crippen LogP contribution in [-0.4, -0.2) is 28.3 Å². The minimum atomic E-state index is -0.564. The average molecular weight is 338 g/mol. The van der Waals surface area contributed by atoms with Crippen LogP contribution in [0, 0.1) is 0 Å². The van der Waals surface area contributed by atoms with E-state index in [1.165, 1.54) is 6.08 Å². The summed E-state index contributed by atoms with van der Waals surface area (Å²) >= 11 is 0. The van der Waals surface area contributed by atoms with Crippen LogP contribution in [0.4, 0.5) is 5.69 Å². The summed E-state index contributed by atoms with van der Waals surface area (Å²) in [5.41, 5.74) is 2.14. The Balaban J connectivity index is 1.52. The van der Waals surface area contributed by atoms with Crippen LogP contribution in [0.5, 0.6) is 0 Å². The molecule has 0 unspecified atom stereocenters. The van der Waals surface area contributed by atoms with E-state index < -0.39 is 17.6 Å². The van der Waals surface area contributed by atoms with Gasteiger partial charge in [0.2, 0.25) is 11.8 Å². The van der Waals surface area contributed by atoms with Gasteiger partial charge in [0, 0.05) is 24.2 Å². The number of carbonyl (C=O) groups excluding carboxylic acids is 2. The molecular weight excluding hydrogens is 324 g/mol. The Kier molecular flexibility index (Phi) is 4.70. The predicted molar refractivity (Wildman–Crippen MR) is 91.7 cm³/mol. The molecule has 0 saturated heterocycles. The molecule has 126 valence electrons. The second kappa shape index (κ2) is 7.26. The molecule has 2 heterocycles. The molecule has 3 aromatic rings. The van der Waals surface area contributed by atoms with Gasteiger partial charge in [0.25, 0.3) is 0 Å². The van der Waals surface area contributed by atoms with Crippen molar-refractivity contribution in [3.8, 4) is 0 Å². The number of H-pyrrole nitrogens is 1. The maximum atomic E-state index is 11.9. The van der Waals surface area contributed by atoms with Gasteiger partial charge < -0.3 is 15.1 Å². The van der Waals surface area contributed by atoms with Crippen molar-refractivity contribution in [3.63, 3.8) is 0 Å². The maximum Gasteiger partial charge on any atom is 0.417 e. The van der Waals surface area contributed by atoms with Crippen molar-refractivity contribution in [2.24, 2.45) is 0 Å². The van der Waals surface area contributed by atoms with Crippen LogP contribution in [0.25, 0.3) is 17.2 Å². The lowest BCUT2D eigenvalue weighted by molar-refractivity contribution is -0.121. The minimum Gasteiger partial charge on any atom is -0.408 e. The van der Waals surface area contributed by atoms with Gasteiger partial charge in [-0.3, -0.25) is 19.6 Å². The molecule has 8 heteroatoms. The first-order valence-electron chi connectivity index (χ1n) is 7.39. The fourth-order valence-electron chi connectivity index (χ4n) is 2.11. The Labute approximate surface area is 141 Å². The Morgan fingerprint density at radius 1 is 1.28 bits per heavy atom. The third-order valence-electron chi connectivity index (χ3n) is 3.24. The Morgan fingerprint density at radius 2 is 2.16 bits per heavy atom. The van der Waals surface area contributed by atoms with Gasteiger partial charge in [0.05, 0.1) is 12.1 Å². The highest BCUT2D eigenvalue weighted by molar-refractivity contribution is 5.98. The first kappa shape index (κ1) is 16.2. The average Bonchev–Trinajstić information content (AvgIpc) is 2.98. The fourth-order valence-corrected chi connectivity index (χ4v) is 2.11. The highest BCUT2D eigenvalue weighted by Crippen LogP contribution is 2.15. The zero-order valence-electron chi connectivity index (χ0n) is 13.0. The SMILES string of the molecule is O=C(C=Cc1cccnc1)NCC(=O)Nc1ccc2oc(=O)[nH]c2c1. The van der Waals surface area contributed by atoms with Crippen LogP contribution in [0.1, 0.15) is 5.56 Å². The summed E-state index contributed by atoms with van der Waals surface area (Å²) in [6, 6.07) is 8.30. The summed E-state index contributed by atoms with van der Waals surface area (Å²) in [6.07, 6.45) is 6.18. The van der Waals surface area contributed by atoms with Crippen molar-refractivity contribution >= 4 is 34.7 Å². The smallest absolute Gasteiger partial charge is 0.408 e. The van der Waals surface area contributed by atoms with Gasteiger partial charge in [-0.25, -0.2) is 4.79 Å². The summed E-state index contributed by atoms with van der Waals surface area (Å²) < 4.78 is 4.88. The van der Waals surface area contributed by atoms with Crippen LogP contribution in [-0.2, 0) is 9.59 Å². The number of rotatable bonds is 5. The van der Waals surface area contributed by atoms with E-state index in [9.17, 15) is 14.4 Å². The number of oxazole rings is 1. The number of benzene rings is 1. The molecule has 2 amide bonds. The Morgan fingerprint density at radius 3 is 2.96 bits per heavy atom. The van der Waals surface area contributed by atoms with Crippen LogP contribution in [0.3, 0.4) is 0 Å². The molecule has 3 rings (SSSR count). The molecule has 2 aromatic heterocycles. The number of amides is 2. The quantitative estimate of drug-likeness (QED) is 0.606. The van der Waals surface area contributed by atoms with Gasteiger partial charge in [-0.05, 0) is 35.9 Å². The molecule has 25 heavy (non-hydrogen) atoms. The largest absolute Gasteiger partial charge is 0.417 e.